The maximum Gasteiger partial charge on any atom is 0.236 e. The average molecular weight is 290 g/mol. The molecule has 1 aromatic rings. The molecular formula is C13H17F3N2O2. The van der Waals surface area contributed by atoms with Crippen molar-refractivity contribution in [3.63, 3.8) is 0 Å². The van der Waals surface area contributed by atoms with Crippen molar-refractivity contribution >= 4 is 5.91 Å². The Morgan fingerprint density at radius 3 is 2.45 bits per heavy atom. The number of methoxy groups -OCH3 is 1. The molecule has 0 spiro atoms. The van der Waals surface area contributed by atoms with Crippen LogP contribution in [-0.4, -0.2) is 32.2 Å². The molecule has 0 aliphatic carbocycles. The van der Waals surface area contributed by atoms with Gasteiger partial charge in [-0.1, -0.05) is 0 Å². The van der Waals surface area contributed by atoms with Gasteiger partial charge >= 0.3 is 0 Å². The topological polar surface area (TPSA) is 50.4 Å². The Morgan fingerprint density at radius 2 is 1.90 bits per heavy atom. The molecule has 0 aliphatic heterocycles. The van der Waals surface area contributed by atoms with E-state index in [9.17, 15) is 18.0 Å². The highest BCUT2D eigenvalue weighted by Crippen LogP contribution is 2.13. The summed E-state index contributed by atoms with van der Waals surface area (Å²) in [6.45, 7) is 2.43. The molecule has 112 valence electrons. The van der Waals surface area contributed by atoms with Crippen molar-refractivity contribution in [3.8, 4) is 0 Å². The minimum Gasteiger partial charge on any atom is -0.383 e. The Kier molecular flexibility index (Phi) is 6.47. The molecule has 0 heterocycles. The van der Waals surface area contributed by atoms with Gasteiger partial charge in [-0.05, 0) is 24.6 Å². The van der Waals surface area contributed by atoms with Crippen molar-refractivity contribution in [2.24, 2.45) is 0 Å². The second-order valence-corrected chi connectivity index (χ2v) is 4.26. The van der Waals surface area contributed by atoms with E-state index in [2.05, 4.69) is 10.6 Å². The molecule has 1 aromatic carbocycles. The van der Waals surface area contributed by atoms with Gasteiger partial charge in [-0.15, -0.1) is 0 Å². The summed E-state index contributed by atoms with van der Waals surface area (Å²) in [5, 5.41) is 5.41. The zero-order valence-electron chi connectivity index (χ0n) is 11.3. The lowest BCUT2D eigenvalue weighted by atomic mass is 10.2. The summed E-state index contributed by atoms with van der Waals surface area (Å²) in [4.78, 5) is 11.6. The first kappa shape index (κ1) is 16.5. The maximum absolute atomic E-state index is 13.0. The summed E-state index contributed by atoms with van der Waals surface area (Å²) in [5.41, 5.74) is 0.220. The first-order valence-corrected chi connectivity index (χ1v) is 6.09. The van der Waals surface area contributed by atoms with E-state index in [1.165, 1.54) is 7.11 Å². The molecule has 1 amide bonds. The molecule has 7 heteroatoms. The van der Waals surface area contributed by atoms with Crippen LogP contribution in [0.5, 0.6) is 0 Å². The number of amides is 1. The van der Waals surface area contributed by atoms with Crippen molar-refractivity contribution in [1.82, 2.24) is 10.6 Å². The molecule has 0 fully saturated rings. The number of nitrogens with one attached hydrogen (secondary N) is 2. The van der Waals surface area contributed by atoms with Gasteiger partial charge in [0, 0.05) is 20.2 Å². The minimum absolute atomic E-state index is 0.0486. The Morgan fingerprint density at radius 1 is 1.30 bits per heavy atom. The molecule has 0 aliphatic rings. The van der Waals surface area contributed by atoms with Crippen LogP contribution in [-0.2, 0) is 16.1 Å². The Bertz CT molecular complexity index is 446. The maximum atomic E-state index is 13.0. The SMILES string of the molecule is COCCNC(=O)C(C)NCc1cc(F)c(F)c(F)c1. The first-order chi connectivity index (χ1) is 9.45. The average Bonchev–Trinajstić information content (AvgIpc) is 2.42. The number of halogens is 3. The van der Waals surface area contributed by atoms with Crippen molar-refractivity contribution in [2.45, 2.75) is 19.5 Å². The minimum atomic E-state index is -1.50. The van der Waals surface area contributed by atoms with E-state index in [-0.39, 0.29) is 18.0 Å². The molecule has 20 heavy (non-hydrogen) atoms. The Labute approximate surface area is 115 Å². The van der Waals surface area contributed by atoms with Crippen molar-refractivity contribution < 1.29 is 22.7 Å². The lowest BCUT2D eigenvalue weighted by Crippen LogP contribution is -2.42. The van der Waals surface area contributed by atoms with Crippen LogP contribution in [0, 0.1) is 17.5 Å². The smallest absolute Gasteiger partial charge is 0.236 e. The monoisotopic (exact) mass is 290 g/mol. The molecule has 0 radical (unpaired) electrons. The van der Waals surface area contributed by atoms with E-state index in [1.807, 2.05) is 0 Å². The number of rotatable bonds is 7. The molecule has 0 aromatic heterocycles. The van der Waals surface area contributed by atoms with E-state index in [0.717, 1.165) is 12.1 Å². The van der Waals surface area contributed by atoms with E-state index in [4.69, 9.17) is 4.74 Å². The lowest BCUT2D eigenvalue weighted by molar-refractivity contribution is -0.122. The van der Waals surface area contributed by atoms with E-state index < -0.39 is 23.5 Å². The van der Waals surface area contributed by atoms with Crippen LogP contribution in [0.4, 0.5) is 13.2 Å². The zero-order chi connectivity index (χ0) is 15.1. The van der Waals surface area contributed by atoms with Gasteiger partial charge in [0.2, 0.25) is 5.91 Å². The van der Waals surface area contributed by atoms with Crippen LogP contribution < -0.4 is 10.6 Å². The highest BCUT2D eigenvalue weighted by molar-refractivity contribution is 5.81. The molecule has 2 N–H and O–H groups in total. The molecular weight excluding hydrogens is 273 g/mol. The quantitative estimate of drug-likeness (QED) is 0.588. The summed E-state index contributed by atoms with van der Waals surface area (Å²) < 4.78 is 43.5. The van der Waals surface area contributed by atoms with Crippen LogP contribution in [0.25, 0.3) is 0 Å². The van der Waals surface area contributed by atoms with Gasteiger partial charge in [-0.2, -0.15) is 0 Å². The van der Waals surface area contributed by atoms with Crippen LogP contribution >= 0.6 is 0 Å². The largest absolute Gasteiger partial charge is 0.383 e. The van der Waals surface area contributed by atoms with Gasteiger partial charge in [0.1, 0.15) is 0 Å². The highest BCUT2D eigenvalue weighted by atomic mass is 19.2. The molecule has 0 saturated carbocycles. The summed E-state index contributed by atoms with van der Waals surface area (Å²) in [7, 11) is 1.52. The third kappa shape index (κ3) is 4.82. The van der Waals surface area contributed by atoms with E-state index >= 15 is 0 Å². The second-order valence-electron chi connectivity index (χ2n) is 4.26. The molecule has 1 rings (SSSR count). The van der Waals surface area contributed by atoms with Crippen molar-refractivity contribution in [3.05, 3.63) is 35.1 Å². The fourth-order valence-corrected chi connectivity index (χ4v) is 1.50. The Hall–Kier alpha value is -1.60. The number of carbonyl (C=O) groups excluding carboxylic acids is 1. The van der Waals surface area contributed by atoms with Gasteiger partial charge in [-0.3, -0.25) is 4.79 Å². The molecule has 4 nitrogen and oxygen atoms in total. The molecule has 1 atom stereocenters. The second kappa shape index (κ2) is 7.86. The van der Waals surface area contributed by atoms with Crippen molar-refractivity contribution in [2.75, 3.05) is 20.3 Å². The first-order valence-electron chi connectivity index (χ1n) is 6.09. The standard InChI is InChI=1S/C13H17F3N2O2/c1-8(13(19)17-3-4-20-2)18-7-9-5-10(14)12(16)11(15)6-9/h5-6,8,18H,3-4,7H2,1-2H3,(H,17,19). The summed E-state index contributed by atoms with van der Waals surface area (Å²) >= 11 is 0. The summed E-state index contributed by atoms with van der Waals surface area (Å²) in [6, 6.07) is 1.23. The number of carbonyl (C=O) groups is 1. The third-order valence-corrected chi connectivity index (χ3v) is 2.65. The molecule has 0 saturated heterocycles. The molecule has 0 bridgehead atoms. The number of hydrogen-bond donors (Lipinski definition) is 2. The Balaban J connectivity index is 2.48. The van der Waals surface area contributed by atoms with Crippen molar-refractivity contribution in [1.29, 1.82) is 0 Å². The van der Waals surface area contributed by atoms with Crippen LogP contribution in [0.2, 0.25) is 0 Å². The molecule has 1 unspecified atom stereocenters. The van der Waals surface area contributed by atoms with Crippen LogP contribution in [0.1, 0.15) is 12.5 Å². The van der Waals surface area contributed by atoms with Gasteiger partial charge in [-0.25, -0.2) is 13.2 Å². The predicted octanol–water partition coefficient (Wildman–Crippen LogP) is 1.34. The normalized spacial score (nSPS) is 12.2. The van der Waals surface area contributed by atoms with Crippen LogP contribution in [0.15, 0.2) is 12.1 Å². The number of benzene rings is 1. The zero-order valence-corrected chi connectivity index (χ0v) is 11.3. The van der Waals surface area contributed by atoms with Crippen LogP contribution in [0.3, 0.4) is 0 Å². The van der Waals surface area contributed by atoms with E-state index in [1.54, 1.807) is 6.92 Å². The van der Waals surface area contributed by atoms with E-state index in [0.29, 0.717) is 13.2 Å². The predicted molar refractivity (Wildman–Crippen MR) is 67.5 cm³/mol. The van der Waals surface area contributed by atoms with Gasteiger partial charge in [0.15, 0.2) is 17.5 Å². The fraction of sp³-hybridized carbons (Fsp3) is 0.462. The fourth-order valence-electron chi connectivity index (χ4n) is 1.50. The van der Waals surface area contributed by atoms with Gasteiger partial charge < -0.3 is 15.4 Å². The van der Waals surface area contributed by atoms with Gasteiger partial charge in [0.05, 0.1) is 12.6 Å². The third-order valence-electron chi connectivity index (χ3n) is 2.65. The summed E-state index contributed by atoms with van der Waals surface area (Å²) in [5.74, 6) is -4.26. The number of ether oxygens (including phenoxy) is 1. The number of hydrogen-bond acceptors (Lipinski definition) is 3. The van der Waals surface area contributed by atoms with Gasteiger partial charge in [0.25, 0.3) is 0 Å². The highest BCUT2D eigenvalue weighted by Gasteiger charge is 2.14. The summed E-state index contributed by atoms with van der Waals surface area (Å²) in [6.07, 6.45) is 0. The lowest BCUT2D eigenvalue weighted by Gasteiger charge is -2.14.